The first-order valence-corrected chi connectivity index (χ1v) is 3.35. The van der Waals surface area contributed by atoms with Gasteiger partial charge in [0, 0.05) is 6.42 Å². The maximum absolute atomic E-state index is 10.8. The number of hydroxylamine groups is 2. The summed E-state index contributed by atoms with van der Waals surface area (Å²) < 4.78 is 0. The number of amides is 1. The third-order valence-electron chi connectivity index (χ3n) is 2.10. The van der Waals surface area contributed by atoms with Crippen molar-refractivity contribution in [3.05, 3.63) is 0 Å². The summed E-state index contributed by atoms with van der Waals surface area (Å²) in [5.41, 5.74) is 3.98. The van der Waals surface area contributed by atoms with Crippen LogP contribution in [0, 0.1) is 5.41 Å². The first kappa shape index (κ1) is 8.00. The van der Waals surface area contributed by atoms with Gasteiger partial charge in [0.2, 0.25) is 5.91 Å². The Bertz CT molecular complexity index is 216. The summed E-state index contributed by atoms with van der Waals surface area (Å²) in [6, 6.07) is 0. The van der Waals surface area contributed by atoms with Crippen LogP contribution in [0.5, 0.6) is 0 Å². The van der Waals surface area contributed by atoms with E-state index in [9.17, 15) is 10.0 Å². The van der Waals surface area contributed by atoms with Crippen molar-refractivity contribution in [2.24, 2.45) is 5.73 Å². The van der Waals surface area contributed by atoms with Gasteiger partial charge in [-0.25, -0.2) is 5.06 Å². The van der Waals surface area contributed by atoms with Crippen molar-refractivity contribution >= 4 is 11.7 Å². The van der Waals surface area contributed by atoms with E-state index in [1.807, 2.05) is 0 Å². The first-order chi connectivity index (χ1) is 4.98. The Hall–Kier alpha value is -1.10. The van der Waals surface area contributed by atoms with Gasteiger partial charge in [0.05, 0.1) is 0 Å². The number of nitrogens with zero attached hydrogens (tertiary/aromatic N) is 1. The molecule has 0 aromatic rings. The number of primary amides is 1. The van der Waals surface area contributed by atoms with E-state index in [0.29, 0.717) is 17.9 Å². The van der Waals surface area contributed by atoms with E-state index in [1.54, 1.807) is 0 Å². The maximum atomic E-state index is 10.8. The van der Waals surface area contributed by atoms with Crippen LogP contribution in [-0.4, -0.2) is 27.6 Å². The Labute approximate surface area is 64.3 Å². The fraction of sp³-hybridized carbons (Fsp3) is 0.667. The molecular formula is C6H11N3O2. The molecule has 0 aromatic carbocycles. The van der Waals surface area contributed by atoms with Crippen LogP contribution in [0.4, 0.5) is 0 Å². The number of carbonyl (C=O) groups is 1. The van der Waals surface area contributed by atoms with Crippen molar-refractivity contribution in [2.45, 2.75) is 25.3 Å². The van der Waals surface area contributed by atoms with Crippen LogP contribution < -0.4 is 5.73 Å². The van der Waals surface area contributed by atoms with Crippen molar-refractivity contribution in [1.29, 1.82) is 5.41 Å². The predicted molar refractivity (Wildman–Crippen MR) is 38.2 cm³/mol. The zero-order valence-corrected chi connectivity index (χ0v) is 6.29. The zero-order valence-electron chi connectivity index (χ0n) is 6.29. The largest absolute Gasteiger partial charge is 0.368 e. The van der Waals surface area contributed by atoms with Crippen LogP contribution in [-0.2, 0) is 4.79 Å². The number of rotatable bonds is 1. The summed E-state index contributed by atoms with van der Waals surface area (Å²) in [6.45, 7) is 1.52. The van der Waals surface area contributed by atoms with Crippen molar-refractivity contribution in [1.82, 2.24) is 5.06 Å². The molecule has 1 atom stereocenters. The fourth-order valence-corrected chi connectivity index (χ4v) is 1.10. The second-order valence-electron chi connectivity index (χ2n) is 2.90. The highest BCUT2D eigenvalue weighted by Gasteiger charge is 2.44. The van der Waals surface area contributed by atoms with Gasteiger partial charge in [-0.05, 0) is 13.3 Å². The second kappa shape index (κ2) is 2.20. The Morgan fingerprint density at radius 1 is 1.91 bits per heavy atom. The minimum Gasteiger partial charge on any atom is -0.368 e. The maximum Gasteiger partial charge on any atom is 0.245 e. The standard InChI is InChI=1S/C6H11N3O2/c1-6(5(8)10)3-2-4(7)9(6)11/h7,11H,2-3H2,1H3,(H2,8,10). The summed E-state index contributed by atoms with van der Waals surface area (Å²) in [7, 11) is 0. The van der Waals surface area contributed by atoms with Gasteiger partial charge in [-0.15, -0.1) is 0 Å². The van der Waals surface area contributed by atoms with Gasteiger partial charge in [0.1, 0.15) is 11.4 Å². The third-order valence-corrected chi connectivity index (χ3v) is 2.10. The molecule has 0 spiro atoms. The van der Waals surface area contributed by atoms with E-state index in [-0.39, 0.29) is 5.84 Å². The van der Waals surface area contributed by atoms with Gasteiger partial charge in [-0.1, -0.05) is 0 Å². The molecule has 4 N–H and O–H groups in total. The number of amidine groups is 1. The number of hydrogen-bond donors (Lipinski definition) is 3. The summed E-state index contributed by atoms with van der Waals surface area (Å²) in [6.07, 6.45) is 0.813. The summed E-state index contributed by atoms with van der Waals surface area (Å²) in [5, 5.41) is 17.0. The van der Waals surface area contributed by atoms with Gasteiger partial charge in [-0.3, -0.25) is 15.4 Å². The zero-order chi connectivity index (χ0) is 8.65. The van der Waals surface area contributed by atoms with E-state index >= 15 is 0 Å². The van der Waals surface area contributed by atoms with Gasteiger partial charge >= 0.3 is 0 Å². The van der Waals surface area contributed by atoms with E-state index in [1.165, 1.54) is 6.92 Å². The molecule has 0 saturated carbocycles. The Morgan fingerprint density at radius 2 is 2.45 bits per heavy atom. The monoisotopic (exact) mass is 157 g/mol. The first-order valence-electron chi connectivity index (χ1n) is 3.35. The molecule has 0 aromatic heterocycles. The SMILES string of the molecule is CC1(C(N)=O)CCC(=N)N1O. The van der Waals surface area contributed by atoms with Crippen LogP contribution in [0.2, 0.25) is 0 Å². The number of nitrogens with two attached hydrogens (primary N) is 1. The number of carbonyl (C=O) groups excluding carboxylic acids is 1. The van der Waals surface area contributed by atoms with Crippen molar-refractivity contribution in [2.75, 3.05) is 0 Å². The van der Waals surface area contributed by atoms with Gasteiger partial charge < -0.3 is 5.73 Å². The van der Waals surface area contributed by atoms with Crippen LogP contribution >= 0.6 is 0 Å². The highest BCUT2D eigenvalue weighted by molar-refractivity contribution is 5.93. The third kappa shape index (κ3) is 0.970. The normalized spacial score (nSPS) is 31.1. The molecule has 1 amide bonds. The highest BCUT2D eigenvalue weighted by Crippen LogP contribution is 2.27. The molecule has 1 aliphatic rings. The second-order valence-corrected chi connectivity index (χ2v) is 2.90. The lowest BCUT2D eigenvalue weighted by molar-refractivity contribution is -0.144. The fourth-order valence-electron chi connectivity index (χ4n) is 1.10. The van der Waals surface area contributed by atoms with Crippen LogP contribution in [0.3, 0.4) is 0 Å². The van der Waals surface area contributed by atoms with Crippen molar-refractivity contribution < 1.29 is 10.0 Å². The lowest BCUT2D eigenvalue weighted by Gasteiger charge is -2.26. The topological polar surface area (TPSA) is 90.4 Å². The summed E-state index contributed by atoms with van der Waals surface area (Å²) in [5.74, 6) is -0.548. The van der Waals surface area contributed by atoms with Crippen LogP contribution in [0.1, 0.15) is 19.8 Å². The minimum atomic E-state index is -1.07. The smallest absolute Gasteiger partial charge is 0.245 e. The van der Waals surface area contributed by atoms with E-state index in [2.05, 4.69) is 0 Å². The molecule has 0 aliphatic carbocycles. The summed E-state index contributed by atoms with van der Waals surface area (Å²) in [4.78, 5) is 10.8. The van der Waals surface area contributed by atoms with Gasteiger partial charge in [0.25, 0.3) is 0 Å². The molecule has 62 valence electrons. The molecule has 0 bridgehead atoms. The minimum absolute atomic E-state index is 0.0475. The molecule has 1 heterocycles. The van der Waals surface area contributed by atoms with Crippen molar-refractivity contribution in [3.63, 3.8) is 0 Å². The molecule has 11 heavy (non-hydrogen) atoms. The van der Waals surface area contributed by atoms with Crippen LogP contribution in [0.25, 0.3) is 0 Å². The van der Waals surface area contributed by atoms with Gasteiger partial charge in [0.15, 0.2) is 0 Å². The van der Waals surface area contributed by atoms with E-state index in [4.69, 9.17) is 11.1 Å². The highest BCUT2D eigenvalue weighted by atomic mass is 16.5. The molecule has 0 radical (unpaired) electrons. The molecule has 1 unspecified atom stereocenters. The Kier molecular flexibility index (Phi) is 1.60. The Balaban J connectivity index is 2.89. The molecule has 1 saturated heterocycles. The molecule has 1 aliphatic heterocycles. The number of nitrogens with one attached hydrogen (secondary N) is 1. The van der Waals surface area contributed by atoms with Crippen LogP contribution in [0.15, 0.2) is 0 Å². The number of hydrogen-bond acceptors (Lipinski definition) is 3. The van der Waals surface area contributed by atoms with Crippen molar-refractivity contribution in [3.8, 4) is 0 Å². The summed E-state index contributed by atoms with van der Waals surface area (Å²) >= 11 is 0. The lowest BCUT2D eigenvalue weighted by Crippen LogP contribution is -2.51. The predicted octanol–water partition coefficient (Wildman–Crippen LogP) is -0.307. The molecular weight excluding hydrogens is 146 g/mol. The lowest BCUT2D eigenvalue weighted by atomic mass is 10.00. The van der Waals surface area contributed by atoms with Gasteiger partial charge in [-0.2, -0.15) is 0 Å². The molecule has 5 nitrogen and oxygen atoms in total. The Morgan fingerprint density at radius 3 is 2.64 bits per heavy atom. The molecule has 5 heteroatoms. The van der Waals surface area contributed by atoms with E-state index in [0.717, 1.165) is 0 Å². The molecule has 1 fully saturated rings. The average molecular weight is 157 g/mol. The van der Waals surface area contributed by atoms with E-state index < -0.39 is 11.4 Å². The molecule has 1 rings (SSSR count). The quantitative estimate of drug-likeness (QED) is 0.487. The average Bonchev–Trinajstić information content (AvgIpc) is 2.18.